The van der Waals surface area contributed by atoms with Crippen LogP contribution in [0.5, 0.6) is 0 Å². The van der Waals surface area contributed by atoms with Crippen molar-refractivity contribution in [2.75, 3.05) is 47.2 Å². The van der Waals surface area contributed by atoms with Gasteiger partial charge in [0.1, 0.15) is 10.6 Å². The summed E-state index contributed by atoms with van der Waals surface area (Å²) in [6.45, 7) is 5.75. The Bertz CT molecular complexity index is 1420. The van der Waals surface area contributed by atoms with Gasteiger partial charge in [0, 0.05) is 49.3 Å². The molecule has 0 aliphatic carbocycles. The summed E-state index contributed by atoms with van der Waals surface area (Å²) in [6.07, 6.45) is -0.512. The molecule has 0 bridgehead atoms. The molecule has 2 aliphatic heterocycles. The highest BCUT2D eigenvalue weighted by molar-refractivity contribution is 7.93. The fourth-order valence-corrected chi connectivity index (χ4v) is 5.78. The van der Waals surface area contributed by atoms with E-state index in [0.717, 1.165) is 16.6 Å². The minimum atomic E-state index is -4.57. The number of sulfonamides is 1. The largest absolute Gasteiger partial charge is 0.418 e. The number of hydrogen-bond donors (Lipinski definition) is 2. The molecule has 0 unspecified atom stereocenters. The molecule has 0 amide bonds. The molecule has 5 rings (SSSR count). The molecule has 3 aromatic rings. The summed E-state index contributed by atoms with van der Waals surface area (Å²) in [5.74, 6) is 0.147. The predicted octanol–water partition coefficient (Wildman–Crippen LogP) is 3.41. The standard InChI is InChI=1S/C23H22F3N7O2S/c1-2-10-33-21-16(4-3-7-28-21)20-19(36(33,34)35)14-29-22(31-20)30-15-5-6-18(17(13-15)23(24,25)26)32-11-8-27-9-12-32/h2-7,13-14,27H,1,8-12H2,(H,29,30,31). The number of halogens is 3. The molecule has 2 aliphatic rings. The first-order chi connectivity index (χ1) is 17.2. The van der Waals surface area contributed by atoms with Crippen LogP contribution in [0.3, 0.4) is 0 Å². The Morgan fingerprint density at radius 2 is 1.94 bits per heavy atom. The van der Waals surface area contributed by atoms with Crippen LogP contribution in [0.25, 0.3) is 11.3 Å². The molecule has 36 heavy (non-hydrogen) atoms. The van der Waals surface area contributed by atoms with Crippen molar-refractivity contribution in [3.05, 3.63) is 60.9 Å². The van der Waals surface area contributed by atoms with Gasteiger partial charge in [0.2, 0.25) is 5.95 Å². The number of fused-ring (bicyclic) bond motifs is 3. The van der Waals surface area contributed by atoms with E-state index >= 15 is 0 Å². The van der Waals surface area contributed by atoms with Crippen LogP contribution in [0.4, 0.5) is 36.3 Å². The Morgan fingerprint density at radius 1 is 1.17 bits per heavy atom. The van der Waals surface area contributed by atoms with Gasteiger partial charge < -0.3 is 15.5 Å². The highest BCUT2D eigenvalue weighted by Crippen LogP contribution is 2.41. The van der Waals surface area contributed by atoms with Crippen molar-refractivity contribution in [3.8, 4) is 11.3 Å². The molecule has 0 atom stereocenters. The maximum atomic E-state index is 13.9. The van der Waals surface area contributed by atoms with E-state index in [1.807, 2.05) is 0 Å². The Hall–Kier alpha value is -3.71. The number of nitrogens with zero attached hydrogens (tertiary/aromatic N) is 5. The van der Waals surface area contributed by atoms with Crippen molar-refractivity contribution >= 4 is 33.2 Å². The van der Waals surface area contributed by atoms with Crippen LogP contribution in [0.15, 0.2) is 60.3 Å². The van der Waals surface area contributed by atoms with Crippen LogP contribution in [0, 0.1) is 0 Å². The van der Waals surface area contributed by atoms with Gasteiger partial charge >= 0.3 is 6.18 Å². The zero-order valence-corrected chi connectivity index (χ0v) is 19.8. The quantitative estimate of drug-likeness (QED) is 0.497. The highest BCUT2D eigenvalue weighted by Gasteiger charge is 2.38. The number of hydrogen-bond acceptors (Lipinski definition) is 8. The lowest BCUT2D eigenvalue weighted by Gasteiger charge is -2.31. The van der Waals surface area contributed by atoms with Crippen LogP contribution in [-0.4, -0.2) is 56.1 Å². The minimum absolute atomic E-state index is 0.00539. The molecule has 1 aromatic carbocycles. The maximum absolute atomic E-state index is 13.9. The Balaban J connectivity index is 1.53. The van der Waals surface area contributed by atoms with E-state index in [2.05, 4.69) is 32.2 Å². The van der Waals surface area contributed by atoms with E-state index in [9.17, 15) is 21.6 Å². The number of nitrogens with one attached hydrogen (secondary N) is 2. The maximum Gasteiger partial charge on any atom is 0.418 e. The van der Waals surface area contributed by atoms with Crippen LogP contribution < -0.4 is 19.8 Å². The molecule has 0 radical (unpaired) electrons. The zero-order chi connectivity index (χ0) is 25.5. The molecule has 13 heteroatoms. The molecule has 188 valence electrons. The summed E-state index contributed by atoms with van der Waals surface area (Å²) in [6, 6.07) is 7.27. The Morgan fingerprint density at radius 3 is 2.67 bits per heavy atom. The number of rotatable bonds is 5. The summed E-state index contributed by atoms with van der Waals surface area (Å²) in [5, 5.41) is 5.92. The van der Waals surface area contributed by atoms with Crippen LogP contribution in [-0.2, 0) is 16.2 Å². The number of piperazine rings is 1. The first-order valence-corrected chi connectivity index (χ1v) is 12.5. The fraction of sp³-hybridized carbons (Fsp3) is 0.261. The smallest absolute Gasteiger partial charge is 0.368 e. The Kier molecular flexibility index (Phi) is 6.04. The molecule has 1 saturated heterocycles. The van der Waals surface area contributed by atoms with Crippen LogP contribution in [0.2, 0.25) is 0 Å². The summed E-state index contributed by atoms with van der Waals surface area (Å²) in [5.41, 5.74) is 0.0300. The lowest BCUT2D eigenvalue weighted by Crippen LogP contribution is -2.44. The molecular weight excluding hydrogens is 495 g/mol. The summed E-state index contributed by atoms with van der Waals surface area (Å²) in [4.78, 5) is 14.2. The van der Waals surface area contributed by atoms with Crippen molar-refractivity contribution in [2.24, 2.45) is 0 Å². The molecule has 1 fully saturated rings. The van der Waals surface area contributed by atoms with Crippen molar-refractivity contribution in [1.29, 1.82) is 0 Å². The molecule has 0 saturated carbocycles. The van der Waals surface area contributed by atoms with Crippen molar-refractivity contribution in [3.63, 3.8) is 0 Å². The van der Waals surface area contributed by atoms with Gasteiger partial charge in [-0.25, -0.2) is 27.7 Å². The molecule has 0 spiro atoms. The summed E-state index contributed by atoms with van der Waals surface area (Å²) >= 11 is 0. The van der Waals surface area contributed by atoms with Gasteiger partial charge in [0.25, 0.3) is 10.0 Å². The highest BCUT2D eigenvalue weighted by atomic mass is 32.2. The third-order valence-corrected chi connectivity index (χ3v) is 7.67. The summed E-state index contributed by atoms with van der Waals surface area (Å²) in [7, 11) is -4.00. The second-order valence-corrected chi connectivity index (χ2v) is 10.0. The van der Waals surface area contributed by atoms with Gasteiger partial charge in [-0.3, -0.25) is 0 Å². The van der Waals surface area contributed by atoms with E-state index < -0.39 is 21.8 Å². The average molecular weight is 518 g/mol. The van der Waals surface area contributed by atoms with E-state index in [-0.39, 0.29) is 40.3 Å². The van der Waals surface area contributed by atoms with Gasteiger partial charge in [0.15, 0.2) is 5.82 Å². The van der Waals surface area contributed by atoms with Crippen molar-refractivity contribution < 1.29 is 21.6 Å². The fourth-order valence-electron chi connectivity index (χ4n) is 4.28. The van der Waals surface area contributed by atoms with Crippen molar-refractivity contribution in [1.82, 2.24) is 20.3 Å². The predicted molar refractivity (Wildman–Crippen MR) is 130 cm³/mol. The molecule has 4 heterocycles. The van der Waals surface area contributed by atoms with Gasteiger partial charge in [-0.15, -0.1) is 6.58 Å². The lowest BCUT2D eigenvalue weighted by atomic mass is 10.1. The molecular formula is C23H22F3N7O2S. The third-order valence-electron chi connectivity index (χ3n) is 5.91. The van der Waals surface area contributed by atoms with Crippen LogP contribution in [0.1, 0.15) is 5.56 Å². The van der Waals surface area contributed by atoms with Gasteiger partial charge in [-0.1, -0.05) is 6.08 Å². The first-order valence-electron chi connectivity index (χ1n) is 11.1. The second kappa shape index (κ2) is 9.06. The topological polar surface area (TPSA) is 103 Å². The van der Waals surface area contributed by atoms with Gasteiger partial charge in [-0.05, 0) is 30.3 Å². The van der Waals surface area contributed by atoms with E-state index in [1.54, 1.807) is 17.0 Å². The van der Waals surface area contributed by atoms with Gasteiger partial charge in [-0.2, -0.15) is 13.2 Å². The third kappa shape index (κ3) is 4.24. The molecule has 2 N–H and O–H groups in total. The van der Waals surface area contributed by atoms with Crippen LogP contribution >= 0.6 is 0 Å². The monoisotopic (exact) mass is 517 g/mol. The Labute approximate surface area is 205 Å². The number of pyridine rings is 1. The lowest BCUT2D eigenvalue weighted by molar-refractivity contribution is -0.137. The SMILES string of the molecule is C=CCN1c2ncccc2-c2nc(Nc3ccc(N4CCNCC4)c(C(F)(F)F)c3)ncc2S1(=O)=O. The van der Waals surface area contributed by atoms with Gasteiger partial charge in [0.05, 0.1) is 18.3 Å². The number of aromatic nitrogens is 3. The number of alkyl halides is 3. The second-order valence-electron chi connectivity index (χ2n) is 8.20. The number of anilines is 4. The van der Waals surface area contributed by atoms with Crippen molar-refractivity contribution in [2.45, 2.75) is 11.1 Å². The van der Waals surface area contributed by atoms with E-state index in [4.69, 9.17) is 0 Å². The summed E-state index contributed by atoms with van der Waals surface area (Å²) < 4.78 is 69.2. The minimum Gasteiger partial charge on any atom is -0.368 e. The molecule has 9 nitrogen and oxygen atoms in total. The van der Waals surface area contributed by atoms with E-state index in [1.165, 1.54) is 24.4 Å². The number of benzene rings is 1. The van der Waals surface area contributed by atoms with E-state index in [0.29, 0.717) is 31.7 Å². The first kappa shape index (κ1) is 24.0. The molecule has 2 aromatic heterocycles. The average Bonchev–Trinajstić information content (AvgIpc) is 2.86. The zero-order valence-electron chi connectivity index (χ0n) is 19.0. The normalized spacial score (nSPS) is 16.8.